The summed E-state index contributed by atoms with van der Waals surface area (Å²) in [5, 5.41) is 4.94. The van der Waals surface area contributed by atoms with E-state index in [0.717, 1.165) is 46.3 Å². The predicted octanol–water partition coefficient (Wildman–Crippen LogP) is 3.37. The number of fused-ring (bicyclic) bond motifs is 2. The number of carbonyl (C=O) groups excluding carboxylic acids is 1. The number of ether oxygens (including phenoxy) is 2. The first kappa shape index (κ1) is 15.4. The van der Waals surface area contributed by atoms with E-state index in [4.69, 9.17) is 9.47 Å². The zero-order chi connectivity index (χ0) is 16.5. The molecule has 3 aromatic rings. The Morgan fingerprint density at radius 1 is 1.38 bits per heavy atom. The largest absolute Gasteiger partial charge is 0.497 e. The first-order valence-corrected chi connectivity index (χ1v) is 8.83. The molecule has 1 aliphatic heterocycles. The summed E-state index contributed by atoms with van der Waals surface area (Å²) in [6.07, 6.45) is 2.24. The van der Waals surface area contributed by atoms with Crippen LogP contribution < -0.4 is 10.1 Å². The van der Waals surface area contributed by atoms with Crippen LogP contribution >= 0.6 is 11.3 Å². The van der Waals surface area contributed by atoms with E-state index in [0.29, 0.717) is 11.4 Å². The van der Waals surface area contributed by atoms with Crippen LogP contribution in [0.15, 0.2) is 30.3 Å². The number of nitrogens with one attached hydrogen (secondary N) is 1. The molecule has 0 bridgehead atoms. The van der Waals surface area contributed by atoms with Gasteiger partial charge in [0.05, 0.1) is 23.6 Å². The van der Waals surface area contributed by atoms with Crippen molar-refractivity contribution in [2.45, 2.75) is 18.9 Å². The molecular weight excluding hydrogens is 324 g/mol. The minimum Gasteiger partial charge on any atom is -0.497 e. The van der Waals surface area contributed by atoms with Crippen molar-refractivity contribution in [3.05, 3.63) is 35.2 Å². The van der Waals surface area contributed by atoms with E-state index in [2.05, 4.69) is 10.3 Å². The second-order valence-electron chi connectivity index (χ2n) is 5.90. The predicted molar refractivity (Wildman–Crippen MR) is 95.0 cm³/mol. The fourth-order valence-corrected chi connectivity index (χ4v) is 3.89. The van der Waals surface area contributed by atoms with E-state index in [9.17, 15) is 4.79 Å². The van der Waals surface area contributed by atoms with Crippen molar-refractivity contribution in [2.75, 3.05) is 20.3 Å². The van der Waals surface area contributed by atoms with Crippen molar-refractivity contribution in [3.63, 3.8) is 0 Å². The fourth-order valence-electron chi connectivity index (χ4n) is 2.95. The van der Waals surface area contributed by atoms with Crippen molar-refractivity contribution in [1.82, 2.24) is 10.3 Å². The Hall–Kier alpha value is -2.18. The second-order valence-corrected chi connectivity index (χ2v) is 6.93. The monoisotopic (exact) mass is 342 g/mol. The molecular formula is C18H18N2O3S. The molecule has 4 rings (SSSR count). The van der Waals surface area contributed by atoms with Crippen LogP contribution in [-0.2, 0) is 4.74 Å². The Morgan fingerprint density at radius 2 is 2.29 bits per heavy atom. The topological polar surface area (TPSA) is 60.5 Å². The highest BCUT2D eigenvalue weighted by molar-refractivity contribution is 7.20. The number of amides is 1. The number of carbonyl (C=O) groups is 1. The number of thiophene rings is 1. The third-order valence-electron chi connectivity index (χ3n) is 4.25. The molecule has 1 aromatic carbocycles. The number of methoxy groups -OCH3 is 1. The van der Waals surface area contributed by atoms with Gasteiger partial charge in [-0.2, -0.15) is 0 Å². The van der Waals surface area contributed by atoms with Gasteiger partial charge in [0.1, 0.15) is 10.6 Å². The van der Waals surface area contributed by atoms with Gasteiger partial charge in [-0.15, -0.1) is 11.3 Å². The van der Waals surface area contributed by atoms with Crippen molar-refractivity contribution in [3.8, 4) is 5.75 Å². The number of nitrogens with zero attached hydrogens (tertiary/aromatic N) is 1. The lowest BCUT2D eigenvalue weighted by molar-refractivity contribution is 0.0861. The second kappa shape index (κ2) is 6.37. The Labute approximate surface area is 143 Å². The first-order chi connectivity index (χ1) is 11.7. The highest BCUT2D eigenvalue weighted by Gasteiger charge is 2.18. The van der Waals surface area contributed by atoms with Gasteiger partial charge < -0.3 is 14.8 Å². The maximum Gasteiger partial charge on any atom is 0.261 e. The lowest BCUT2D eigenvalue weighted by Gasteiger charge is -2.09. The number of hydrogen-bond donors (Lipinski definition) is 1. The van der Waals surface area contributed by atoms with E-state index < -0.39 is 0 Å². The zero-order valence-electron chi connectivity index (χ0n) is 13.4. The summed E-state index contributed by atoms with van der Waals surface area (Å²) in [6.45, 7) is 1.36. The number of hydrogen-bond acceptors (Lipinski definition) is 5. The Kier molecular flexibility index (Phi) is 4.08. The third kappa shape index (κ3) is 2.95. The molecule has 1 N–H and O–H groups in total. The number of rotatable bonds is 4. The lowest BCUT2D eigenvalue weighted by Crippen LogP contribution is -2.31. The molecule has 1 amide bonds. The third-order valence-corrected chi connectivity index (χ3v) is 5.29. The van der Waals surface area contributed by atoms with Gasteiger partial charge in [0.25, 0.3) is 5.91 Å². The molecule has 2 aromatic heterocycles. The van der Waals surface area contributed by atoms with Crippen LogP contribution in [-0.4, -0.2) is 37.3 Å². The summed E-state index contributed by atoms with van der Waals surface area (Å²) in [5.74, 6) is 0.739. The van der Waals surface area contributed by atoms with Crippen LogP contribution in [0.1, 0.15) is 22.5 Å². The van der Waals surface area contributed by atoms with Crippen LogP contribution in [0.3, 0.4) is 0 Å². The molecule has 6 heteroatoms. The molecule has 1 aliphatic rings. The number of aromatic nitrogens is 1. The van der Waals surface area contributed by atoms with Gasteiger partial charge in [-0.05, 0) is 43.2 Å². The van der Waals surface area contributed by atoms with Gasteiger partial charge in [0, 0.05) is 23.9 Å². The average Bonchev–Trinajstić information content (AvgIpc) is 3.26. The molecule has 124 valence electrons. The fraction of sp³-hybridized carbons (Fsp3) is 0.333. The van der Waals surface area contributed by atoms with Crippen LogP contribution in [0.2, 0.25) is 0 Å². The Morgan fingerprint density at radius 3 is 3.08 bits per heavy atom. The summed E-state index contributed by atoms with van der Waals surface area (Å²) < 4.78 is 10.8. The Balaban J connectivity index is 1.59. The van der Waals surface area contributed by atoms with Crippen molar-refractivity contribution < 1.29 is 14.3 Å². The SMILES string of the molecule is COc1ccc2nc3sc(C(=O)NC[C@@H]4CCCO4)cc3cc2c1. The smallest absolute Gasteiger partial charge is 0.261 e. The molecule has 3 heterocycles. The molecule has 5 nitrogen and oxygen atoms in total. The van der Waals surface area contributed by atoms with Crippen LogP contribution in [0.4, 0.5) is 0 Å². The van der Waals surface area contributed by atoms with Crippen LogP contribution in [0.5, 0.6) is 5.75 Å². The van der Waals surface area contributed by atoms with Gasteiger partial charge in [0.15, 0.2) is 0 Å². The molecule has 0 saturated carbocycles. The van der Waals surface area contributed by atoms with Gasteiger partial charge in [-0.25, -0.2) is 4.98 Å². The summed E-state index contributed by atoms with van der Waals surface area (Å²) in [7, 11) is 1.65. The molecule has 0 unspecified atom stereocenters. The normalized spacial score (nSPS) is 17.5. The van der Waals surface area contributed by atoms with E-state index in [-0.39, 0.29) is 12.0 Å². The highest BCUT2D eigenvalue weighted by atomic mass is 32.1. The van der Waals surface area contributed by atoms with Gasteiger partial charge in [-0.3, -0.25) is 4.79 Å². The average molecular weight is 342 g/mol. The number of benzene rings is 1. The standard InChI is InChI=1S/C18H18N2O3S/c1-22-13-4-5-15-11(8-13)7-12-9-16(24-18(12)20-15)17(21)19-10-14-3-2-6-23-14/h4-5,7-9,14H,2-3,6,10H2,1H3,(H,19,21)/t14-/m0/s1. The molecule has 24 heavy (non-hydrogen) atoms. The molecule has 1 fully saturated rings. The first-order valence-electron chi connectivity index (χ1n) is 8.01. The van der Waals surface area contributed by atoms with Crippen LogP contribution in [0, 0.1) is 0 Å². The van der Waals surface area contributed by atoms with Crippen molar-refractivity contribution in [1.29, 1.82) is 0 Å². The minimum absolute atomic E-state index is 0.0601. The maximum atomic E-state index is 12.4. The molecule has 0 aliphatic carbocycles. The molecule has 0 spiro atoms. The molecule has 0 radical (unpaired) electrons. The van der Waals surface area contributed by atoms with Gasteiger partial charge in [-0.1, -0.05) is 0 Å². The van der Waals surface area contributed by atoms with Crippen LogP contribution in [0.25, 0.3) is 21.1 Å². The minimum atomic E-state index is -0.0601. The van der Waals surface area contributed by atoms with E-state index in [1.807, 2.05) is 30.3 Å². The van der Waals surface area contributed by atoms with E-state index in [1.54, 1.807) is 7.11 Å². The van der Waals surface area contributed by atoms with E-state index >= 15 is 0 Å². The summed E-state index contributed by atoms with van der Waals surface area (Å²) in [5.41, 5.74) is 0.900. The quantitative estimate of drug-likeness (QED) is 0.790. The summed E-state index contributed by atoms with van der Waals surface area (Å²) in [4.78, 5) is 18.6. The number of pyridine rings is 1. The zero-order valence-corrected chi connectivity index (χ0v) is 14.2. The van der Waals surface area contributed by atoms with Gasteiger partial charge in [0.2, 0.25) is 0 Å². The van der Waals surface area contributed by atoms with Gasteiger partial charge >= 0.3 is 0 Å². The summed E-state index contributed by atoms with van der Waals surface area (Å²) in [6, 6.07) is 9.73. The van der Waals surface area contributed by atoms with Crippen molar-refractivity contribution in [2.24, 2.45) is 0 Å². The Bertz CT molecular complexity index is 900. The lowest BCUT2D eigenvalue weighted by atomic mass is 10.2. The maximum absolute atomic E-state index is 12.4. The summed E-state index contributed by atoms with van der Waals surface area (Å²) >= 11 is 1.42. The van der Waals surface area contributed by atoms with E-state index in [1.165, 1.54) is 11.3 Å². The van der Waals surface area contributed by atoms with Crippen molar-refractivity contribution >= 4 is 38.4 Å². The highest BCUT2D eigenvalue weighted by Crippen LogP contribution is 2.29. The molecule has 1 atom stereocenters. The molecule has 1 saturated heterocycles.